The summed E-state index contributed by atoms with van der Waals surface area (Å²) in [4.78, 5) is 11.9. The highest BCUT2D eigenvalue weighted by molar-refractivity contribution is 14.2. The maximum atomic E-state index is 11.9. The van der Waals surface area contributed by atoms with Crippen LogP contribution in [0.3, 0.4) is 0 Å². The van der Waals surface area contributed by atoms with E-state index >= 15 is 0 Å². The van der Waals surface area contributed by atoms with E-state index in [-0.39, 0.29) is 32.9 Å². The summed E-state index contributed by atoms with van der Waals surface area (Å²) in [5.41, 5.74) is 1.32. The van der Waals surface area contributed by atoms with E-state index in [1.807, 2.05) is 6.20 Å². The average molecular weight is 375 g/mol. The number of carbonyl (C=O) groups is 1. The number of hydrogen-bond acceptors (Lipinski definition) is 3. The Morgan fingerprint density at radius 3 is 2.79 bits per heavy atom. The lowest BCUT2D eigenvalue weighted by atomic mass is 9.84. The Kier molecular flexibility index (Phi) is 6.20. The molecule has 0 spiro atoms. The van der Waals surface area contributed by atoms with Crippen molar-refractivity contribution in [3.8, 4) is 0 Å². The molecule has 2 rings (SSSR count). The van der Waals surface area contributed by atoms with Gasteiger partial charge in [-0.3, -0.25) is 4.79 Å². The molecule has 19 heavy (non-hydrogen) atoms. The number of methoxy groups -OCH3 is 1. The molecule has 0 radical (unpaired) electrons. The fourth-order valence-corrected chi connectivity index (χ4v) is 4.14. The van der Waals surface area contributed by atoms with E-state index in [9.17, 15) is 4.79 Å². The maximum Gasteiger partial charge on any atom is 0.308 e. The first-order valence-corrected chi connectivity index (χ1v) is 9.29. The predicted octanol–water partition coefficient (Wildman–Crippen LogP) is 4.70. The minimum absolute atomic E-state index is 0.0309. The highest BCUT2D eigenvalue weighted by Gasteiger charge is 2.26. The molecule has 4 heteroatoms. The fraction of sp³-hybridized carbons (Fsp3) is 0.667. The van der Waals surface area contributed by atoms with E-state index in [0.717, 1.165) is 19.3 Å². The van der Waals surface area contributed by atoms with Crippen LogP contribution in [-0.2, 0) is 9.53 Å². The van der Waals surface area contributed by atoms with E-state index in [0.29, 0.717) is 5.92 Å². The van der Waals surface area contributed by atoms with Crippen molar-refractivity contribution in [1.82, 2.24) is 0 Å². The van der Waals surface area contributed by atoms with E-state index in [1.54, 1.807) is 0 Å². The highest BCUT2D eigenvalue weighted by Crippen LogP contribution is 2.33. The van der Waals surface area contributed by atoms with Crippen molar-refractivity contribution in [1.29, 1.82) is 0 Å². The highest BCUT2D eigenvalue weighted by atomic mass is 127. The molecule has 3 nitrogen and oxygen atoms in total. The molecule has 106 valence electrons. The molecule has 2 unspecified atom stereocenters. The predicted molar refractivity (Wildman–Crippen MR) is 85.0 cm³/mol. The van der Waals surface area contributed by atoms with Gasteiger partial charge in [0.05, 0.1) is 13.0 Å². The lowest BCUT2D eigenvalue weighted by molar-refractivity contribution is -0.146. The smallest absolute Gasteiger partial charge is 0.308 e. The van der Waals surface area contributed by atoms with Gasteiger partial charge in [0.2, 0.25) is 0 Å². The van der Waals surface area contributed by atoms with E-state index < -0.39 is 0 Å². The molecule has 1 heterocycles. The third kappa shape index (κ3) is 4.51. The van der Waals surface area contributed by atoms with Gasteiger partial charge in [-0.1, -0.05) is 31.8 Å². The number of rotatable bonds is 2. The van der Waals surface area contributed by atoms with Crippen LogP contribution in [0.5, 0.6) is 0 Å². The minimum Gasteiger partial charge on any atom is -0.469 e. The maximum absolute atomic E-state index is 11.9. The SMILES string of the molecule is COC(=O)C1CCCCCCC(C2=CN=IC=C2)C1. The van der Waals surface area contributed by atoms with Crippen LogP contribution in [0, 0.1) is 11.8 Å². The topological polar surface area (TPSA) is 38.7 Å². The summed E-state index contributed by atoms with van der Waals surface area (Å²) in [5.74, 6) is 0.516. The molecule has 0 N–H and O–H groups in total. The van der Waals surface area contributed by atoms with Crippen LogP contribution in [0.1, 0.15) is 44.9 Å². The van der Waals surface area contributed by atoms with Gasteiger partial charge in [0.25, 0.3) is 0 Å². The summed E-state index contributed by atoms with van der Waals surface area (Å²) >= 11 is -0.104. The quantitative estimate of drug-likeness (QED) is 0.518. The summed E-state index contributed by atoms with van der Waals surface area (Å²) in [6.45, 7) is 0. The van der Waals surface area contributed by atoms with Gasteiger partial charge in [0.1, 0.15) is 0 Å². The minimum atomic E-state index is -0.104. The second-order valence-corrected chi connectivity index (χ2v) is 7.09. The van der Waals surface area contributed by atoms with Gasteiger partial charge < -0.3 is 4.74 Å². The number of carbonyl (C=O) groups excluding carboxylic acids is 1. The molecule has 1 aliphatic heterocycles. The normalized spacial score (nSPS) is 28.4. The molecule has 2 aliphatic rings. The number of halogens is 1. The number of hydrogen-bond donors (Lipinski definition) is 0. The Balaban J connectivity index is 2.10. The van der Waals surface area contributed by atoms with Crippen molar-refractivity contribution < 1.29 is 9.53 Å². The molecule has 0 aromatic carbocycles. The van der Waals surface area contributed by atoms with Crippen molar-refractivity contribution in [3.63, 3.8) is 0 Å². The lowest BCUT2D eigenvalue weighted by Gasteiger charge is -2.22. The lowest BCUT2D eigenvalue weighted by Crippen LogP contribution is -2.20. The van der Waals surface area contributed by atoms with Crippen LogP contribution >= 0.6 is 21.0 Å². The van der Waals surface area contributed by atoms with Crippen LogP contribution in [-0.4, -0.2) is 13.1 Å². The third-order valence-electron chi connectivity index (χ3n) is 4.00. The van der Waals surface area contributed by atoms with Crippen molar-refractivity contribution in [2.75, 3.05) is 7.11 Å². The Hall–Kier alpha value is -0.520. The zero-order valence-corrected chi connectivity index (χ0v) is 13.6. The summed E-state index contributed by atoms with van der Waals surface area (Å²) in [5, 5.41) is 0. The van der Waals surface area contributed by atoms with Gasteiger partial charge >= 0.3 is 5.97 Å². The molecule has 2 atom stereocenters. The molecule has 0 aromatic heterocycles. The third-order valence-corrected chi connectivity index (χ3v) is 5.28. The Labute approximate surface area is 125 Å². The molecule has 0 bridgehead atoms. The fourth-order valence-electron chi connectivity index (χ4n) is 2.90. The number of nitrogens with zero attached hydrogens (tertiary/aromatic N) is 1. The van der Waals surface area contributed by atoms with Crippen LogP contribution in [0.2, 0.25) is 0 Å². The van der Waals surface area contributed by atoms with E-state index in [4.69, 9.17) is 4.74 Å². The summed E-state index contributed by atoms with van der Waals surface area (Å²) < 4.78 is 11.6. The largest absolute Gasteiger partial charge is 0.469 e. The van der Waals surface area contributed by atoms with Crippen LogP contribution < -0.4 is 0 Å². The van der Waals surface area contributed by atoms with Crippen molar-refractivity contribution in [2.24, 2.45) is 15.0 Å². The monoisotopic (exact) mass is 375 g/mol. The zero-order chi connectivity index (χ0) is 13.5. The molecule has 1 aliphatic carbocycles. The zero-order valence-electron chi connectivity index (χ0n) is 11.5. The summed E-state index contributed by atoms with van der Waals surface area (Å²) in [6.07, 6.45) is 12.3. The van der Waals surface area contributed by atoms with Crippen LogP contribution in [0.4, 0.5) is 0 Å². The second-order valence-electron chi connectivity index (χ2n) is 5.26. The second kappa shape index (κ2) is 7.92. The standard InChI is InChI=1S/C15H22INO2/c1-19-15(18)13-7-5-3-2-4-6-12(10-13)14-8-9-16-17-11-14/h8-9,11-13H,2-7,10H2,1H3. The first-order valence-electron chi connectivity index (χ1n) is 7.08. The van der Waals surface area contributed by atoms with Gasteiger partial charge in [-0.25, -0.2) is 3.15 Å². The van der Waals surface area contributed by atoms with Crippen molar-refractivity contribution in [3.05, 3.63) is 21.9 Å². The molecule has 1 fully saturated rings. The van der Waals surface area contributed by atoms with Gasteiger partial charge in [-0.15, -0.1) is 0 Å². The van der Waals surface area contributed by atoms with Crippen molar-refractivity contribution in [2.45, 2.75) is 44.9 Å². The van der Waals surface area contributed by atoms with Gasteiger partial charge in [0, 0.05) is 27.2 Å². The Morgan fingerprint density at radius 2 is 2.11 bits per heavy atom. The molecule has 0 amide bonds. The molecule has 1 saturated carbocycles. The molecule has 0 aromatic rings. The number of ether oxygens (including phenoxy) is 1. The van der Waals surface area contributed by atoms with Gasteiger partial charge in [0.15, 0.2) is 0 Å². The van der Waals surface area contributed by atoms with E-state index in [1.165, 1.54) is 38.4 Å². The van der Waals surface area contributed by atoms with Crippen LogP contribution in [0.15, 0.2) is 25.1 Å². The van der Waals surface area contributed by atoms with E-state index in [2.05, 4.69) is 13.3 Å². The van der Waals surface area contributed by atoms with Gasteiger partial charge in [-0.05, 0) is 34.8 Å². The van der Waals surface area contributed by atoms with Crippen LogP contribution in [0.25, 0.3) is 0 Å². The molecular weight excluding hydrogens is 353 g/mol. The van der Waals surface area contributed by atoms with Gasteiger partial charge in [-0.2, -0.15) is 0 Å². The van der Waals surface area contributed by atoms with Crippen molar-refractivity contribution >= 4 is 27.0 Å². The average Bonchev–Trinajstić information content (AvgIpc) is 2.59. The molecular formula is C15H22INO2. The number of esters is 1. The summed E-state index contributed by atoms with van der Waals surface area (Å²) in [6, 6.07) is 0. The first kappa shape index (κ1) is 14.9. The first-order chi connectivity index (χ1) is 9.31. The number of allylic oxidation sites excluding steroid dienone is 2. The molecule has 0 saturated heterocycles. The Morgan fingerprint density at radius 1 is 1.32 bits per heavy atom. The Bertz CT molecular complexity index is 401. The summed E-state index contributed by atoms with van der Waals surface area (Å²) in [7, 11) is 1.50.